The van der Waals surface area contributed by atoms with Gasteiger partial charge in [0.05, 0.1) is 0 Å². The van der Waals surface area contributed by atoms with Crippen molar-refractivity contribution in [3.8, 4) is 0 Å². The molecular formula is C16H16O5. The van der Waals surface area contributed by atoms with Crippen molar-refractivity contribution in [1.82, 2.24) is 0 Å². The summed E-state index contributed by atoms with van der Waals surface area (Å²) in [6, 6.07) is 13.1. The molecule has 0 bridgehead atoms. The van der Waals surface area contributed by atoms with Gasteiger partial charge in [-0.15, -0.1) is 0 Å². The number of hydrogen-bond donors (Lipinski definition) is 1. The molecule has 2 rings (SSSR count). The van der Waals surface area contributed by atoms with Crippen molar-refractivity contribution in [3.63, 3.8) is 0 Å². The van der Waals surface area contributed by atoms with Gasteiger partial charge >= 0.3 is 11.9 Å². The third-order valence-corrected chi connectivity index (χ3v) is 3.43. The first-order valence-electron chi connectivity index (χ1n) is 6.41. The van der Waals surface area contributed by atoms with Crippen LogP contribution in [0.5, 0.6) is 0 Å². The van der Waals surface area contributed by atoms with E-state index in [2.05, 4.69) is 0 Å². The van der Waals surface area contributed by atoms with E-state index in [4.69, 9.17) is 14.6 Å². The van der Waals surface area contributed by atoms with Crippen LogP contribution < -0.4 is 0 Å². The van der Waals surface area contributed by atoms with Gasteiger partial charge in [0.25, 0.3) is 0 Å². The molecular weight excluding hydrogens is 272 g/mol. The maximum Gasteiger partial charge on any atom is 0.343 e. The van der Waals surface area contributed by atoms with Crippen molar-refractivity contribution in [3.05, 3.63) is 48.0 Å². The van der Waals surface area contributed by atoms with Crippen LogP contribution in [0.25, 0.3) is 10.8 Å². The second-order valence-corrected chi connectivity index (χ2v) is 4.73. The number of fused-ring (bicyclic) bond motifs is 1. The molecule has 0 aliphatic carbocycles. The van der Waals surface area contributed by atoms with Crippen LogP contribution in [-0.4, -0.2) is 30.8 Å². The van der Waals surface area contributed by atoms with Crippen LogP contribution in [0.4, 0.5) is 0 Å². The van der Waals surface area contributed by atoms with Crippen LogP contribution in [0.3, 0.4) is 0 Å². The number of hydrogen-bond acceptors (Lipinski definition) is 4. The maximum atomic E-state index is 12.2. The Morgan fingerprint density at radius 3 is 2.48 bits per heavy atom. The van der Waals surface area contributed by atoms with Gasteiger partial charge in [-0.05, 0) is 17.7 Å². The van der Waals surface area contributed by atoms with E-state index in [0.717, 1.165) is 10.8 Å². The first-order chi connectivity index (χ1) is 9.99. The monoisotopic (exact) mass is 288 g/mol. The zero-order valence-corrected chi connectivity index (χ0v) is 11.8. The fraction of sp³-hybridized carbons (Fsp3) is 0.250. The zero-order valence-electron chi connectivity index (χ0n) is 11.8. The highest BCUT2D eigenvalue weighted by molar-refractivity contribution is 5.93. The Labute approximate surface area is 122 Å². The summed E-state index contributed by atoms with van der Waals surface area (Å²) in [5, 5.41) is 10.4. The molecule has 1 atom stereocenters. The Morgan fingerprint density at radius 2 is 1.81 bits per heavy atom. The smallest absolute Gasteiger partial charge is 0.343 e. The van der Waals surface area contributed by atoms with Gasteiger partial charge in [0, 0.05) is 12.7 Å². The van der Waals surface area contributed by atoms with Crippen LogP contribution in [0.15, 0.2) is 42.5 Å². The third kappa shape index (κ3) is 2.87. The summed E-state index contributed by atoms with van der Waals surface area (Å²) >= 11 is 0. The molecule has 0 heterocycles. The summed E-state index contributed by atoms with van der Waals surface area (Å²) in [5.74, 6) is -1.94. The quantitative estimate of drug-likeness (QED) is 0.855. The van der Waals surface area contributed by atoms with Gasteiger partial charge in [-0.1, -0.05) is 42.5 Å². The standard InChI is InChI=1S/C16H16O5/c1-16(20-2,15(19)21-10-14(17)18)13-9-5-7-11-6-3-4-8-12(11)13/h3-9H,10H2,1-2H3,(H,17,18). The minimum Gasteiger partial charge on any atom is -0.479 e. The van der Waals surface area contributed by atoms with Crippen molar-refractivity contribution in [2.75, 3.05) is 13.7 Å². The molecule has 21 heavy (non-hydrogen) atoms. The molecule has 110 valence electrons. The summed E-state index contributed by atoms with van der Waals surface area (Å²) in [5.41, 5.74) is -0.727. The molecule has 0 aliphatic rings. The number of carboxylic acid groups (broad SMARTS) is 1. The van der Waals surface area contributed by atoms with Gasteiger partial charge in [0.2, 0.25) is 0 Å². The lowest BCUT2D eigenvalue weighted by Crippen LogP contribution is -2.37. The van der Waals surface area contributed by atoms with E-state index in [1.165, 1.54) is 7.11 Å². The van der Waals surface area contributed by atoms with Crippen LogP contribution in [0.1, 0.15) is 12.5 Å². The molecule has 2 aromatic rings. The Morgan fingerprint density at radius 1 is 1.14 bits per heavy atom. The van der Waals surface area contributed by atoms with Crippen LogP contribution in [-0.2, 0) is 24.7 Å². The number of rotatable bonds is 5. The summed E-state index contributed by atoms with van der Waals surface area (Å²) in [4.78, 5) is 22.8. The van der Waals surface area contributed by atoms with E-state index in [0.29, 0.717) is 5.56 Å². The minimum atomic E-state index is -1.36. The first-order valence-corrected chi connectivity index (χ1v) is 6.41. The molecule has 1 unspecified atom stereocenters. The fourth-order valence-electron chi connectivity index (χ4n) is 2.21. The average Bonchev–Trinajstić information content (AvgIpc) is 2.51. The van der Waals surface area contributed by atoms with Gasteiger partial charge in [-0.25, -0.2) is 9.59 Å². The maximum absolute atomic E-state index is 12.2. The number of benzene rings is 2. The third-order valence-electron chi connectivity index (χ3n) is 3.43. The molecule has 2 aromatic carbocycles. The van der Waals surface area contributed by atoms with Gasteiger partial charge in [-0.2, -0.15) is 0 Å². The molecule has 0 saturated carbocycles. The van der Waals surface area contributed by atoms with E-state index in [1.54, 1.807) is 13.0 Å². The summed E-state index contributed by atoms with van der Waals surface area (Å²) in [7, 11) is 1.39. The molecule has 0 saturated heterocycles. The molecule has 0 aliphatic heterocycles. The number of esters is 1. The topological polar surface area (TPSA) is 72.8 Å². The number of carbonyl (C=O) groups excluding carboxylic acids is 1. The fourth-order valence-corrected chi connectivity index (χ4v) is 2.21. The Bertz CT molecular complexity index is 674. The summed E-state index contributed by atoms with van der Waals surface area (Å²) in [6.45, 7) is 0.876. The van der Waals surface area contributed by atoms with Crippen LogP contribution in [0.2, 0.25) is 0 Å². The van der Waals surface area contributed by atoms with E-state index in [1.807, 2.05) is 36.4 Å². The number of carboxylic acids is 1. The molecule has 0 spiro atoms. The lowest BCUT2D eigenvalue weighted by Gasteiger charge is -2.27. The van der Waals surface area contributed by atoms with Crippen LogP contribution >= 0.6 is 0 Å². The molecule has 0 aromatic heterocycles. The lowest BCUT2D eigenvalue weighted by atomic mass is 9.90. The summed E-state index contributed by atoms with van der Waals surface area (Å²) < 4.78 is 10.2. The molecule has 5 heteroatoms. The Kier molecular flexibility index (Phi) is 4.23. The highest BCUT2D eigenvalue weighted by atomic mass is 16.6. The van der Waals surface area contributed by atoms with Crippen molar-refractivity contribution < 1.29 is 24.2 Å². The van der Waals surface area contributed by atoms with Gasteiger partial charge in [0.1, 0.15) is 0 Å². The second kappa shape index (κ2) is 5.93. The highest BCUT2D eigenvalue weighted by Gasteiger charge is 2.38. The van der Waals surface area contributed by atoms with E-state index in [9.17, 15) is 9.59 Å². The van der Waals surface area contributed by atoms with Gasteiger partial charge < -0.3 is 14.6 Å². The zero-order chi connectivity index (χ0) is 15.5. The molecule has 0 radical (unpaired) electrons. The number of carbonyl (C=O) groups is 2. The normalized spacial score (nSPS) is 13.6. The number of methoxy groups -OCH3 is 1. The van der Waals surface area contributed by atoms with E-state index >= 15 is 0 Å². The minimum absolute atomic E-state index is 0.637. The van der Waals surface area contributed by atoms with E-state index in [-0.39, 0.29) is 0 Å². The van der Waals surface area contributed by atoms with Crippen molar-refractivity contribution in [1.29, 1.82) is 0 Å². The number of ether oxygens (including phenoxy) is 2. The number of aliphatic carboxylic acids is 1. The van der Waals surface area contributed by atoms with Crippen molar-refractivity contribution in [2.24, 2.45) is 0 Å². The van der Waals surface area contributed by atoms with Gasteiger partial charge in [0.15, 0.2) is 12.2 Å². The van der Waals surface area contributed by atoms with Crippen molar-refractivity contribution >= 4 is 22.7 Å². The second-order valence-electron chi connectivity index (χ2n) is 4.73. The average molecular weight is 288 g/mol. The summed E-state index contributed by atoms with van der Waals surface area (Å²) in [6.07, 6.45) is 0. The molecule has 0 amide bonds. The predicted molar refractivity (Wildman–Crippen MR) is 76.9 cm³/mol. The molecule has 0 fully saturated rings. The molecule has 5 nitrogen and oxygen atoms in total. The van der Waals surface area contributed by atoms with Gasteiger partial charge in [-0.3, -0.25) is 0 Å². The highest BCUT2D eigenvalue weighted by Crippen LogP contribution is 2.32. The van der Waals surface area contributed by atoms with E-state index < -0.39 is 24.1 Å². The predicted octanol–water partition coefficient (Wildman–Crippen LogP) is 2.33. The lowest BCUT2D eigenvalue weighted by molar-refractivity contribution is -0.173. The largest absolute Gasteiger partial charge is 0.479 e. The van der Waals surface area contributed by atoms with Crippen molar-refractivity contribution in [2.45, 2.75) is 12.5 Å². The van der Waals surface area contributed by atoms with Crippen LogP contribution in [0, 0.1) is 0 Å². The Hall–Kier alpha value is -2.40. The first kappa shape index (κ1) is 15.0. The molecule has 1 N–H and O–H groups in total. The Balaban J connectivity index is 2.47. The SMILES string of the molecule is COC(C)(C(=O)OCC(=O)O)c1cccc2ccccc12.